The first-order chi connectivity index (χ1) is 14.7. The van der Waals surface area contributed by atoms with Crippen LogP contribution in [0.3, 0.4) is 0 Å². The van der Waals surface area contributed by atoms with Crippen molar-refractivity contribution in [2.24, 2.45) is 0 Å². The normalized spacial score (nSPS) is 10.8. The quantitative estimate of drug-likeness (QED) is 0.438. The molecule has 4 rings (SSSR count). The van der Waals surface area contributed by atoms with Gasteiger partial charge < -0.3 is 9.73 Å². The lowest BCUT2D eigenvalue weighted by Crippen LogP contribution is -2.25. The minimum Gasteiger partial charge on any atom is -0.469 e. The van der Waals surface area contributed by atoms with Gasteiger partial charge in [-0.05, 0) is 30.7 Å². The summed E-state index contributed by atoms with van der Waals surface area (Å²) >= 11 is 1.36. The lowest BCUT2D eigenvalue weighted by atomic mass is 10.2. The van der Waals surface area contributed by atoms with Crippen LogP contribution in [0.5, 0.6) is 0 Å². The second-order valence-electron chi connectivity index (χ2n) is 6.65. The largest absolute Gasteiger partial charge is 0.469 e. The van der Waals surface area contributed by atoms with E-state index in [-0.39, 0.29) is 11.7 Å². The maximum Gasteiger partial charge on any atom is 0.230 e. The Morgan fingerprint density at radius 2 is 1.93 bits per heavy atom. The first-order valence-corrected chi connectivity index (χ1v) is 10.5. The van der Waals surface area contributed by atoms with Crippen LogP contribution in [-0.2, 0) is 17.9 Å². The number of pyridine rings is 1. The fraction of sp³-hybridized carbons (Fsp3) is 0.182. The van der Waals surface area contributed by atoms with Crippen molar-refractivity contribution in [3.63, 3.8) is 0 Å². The summed E-state index contributed by atoms with van der Waals surface area (Å²) in [6, 6.07) is 17.6. The van der Waals surface area contributed by atoms with E-state index in [4.69, 9.17) is 4.42 Å². The molecule has 1 aromatic carbocycles. The van der Waals surface area contributed by atoms with E-state index >= 15 is 0 Å². The number of hydrogen-bond acceptors (Lipinski definition) is 6. The van der Waals surface area contributed by atoms with Gasteiger partial charge >= 0.3 is 0 Å². The molecule has 0 atom stereocenters. The Balaban J connectivity index is 1.49. The zero-order valence-corrected chi connectivity index (χ0v) is 17.3. The number of benzene rings is 1. The molecule has 4 aromatic rings. The van der Waals surface area contributed by atoms with Gasteiger partial charge in [-0.15, -0.1) is 10.2 Å². The number of aromatic nitrogens is 4. The molecule has 7 nitrogen and oxygen atoms in total. The third-order valence-corrected chi connectivity index (χ3v) is 5.49. The van der Waals surface area contributed by atoms with Crippen LogP contribution in [-0.4, -0.2) is 31.4 Å². The van der Waals surface area contributed by atoms with Gasteiger partial charge in [-0.3, -0.25) is 14.3 Å². The fourth-order valence-electron chi connectivity index (χ4n) is 2.99. The molecule has 0 saturated carbocycles. The number of carbonyl (C=O) groups is 1. The summed E-state index contributed by atoms with van der Waals surface area (Å²) in [7, 11) is 0. The van der Waals surface area contributed by atoms with Gasteiger partial charge in [0.1, 0.15) is 5.76 Å². The summed E-state index contributed by atoms with van der Waals surface area (Å²) in [5, 5.41) is 12.3. The number of nitrogens with one attached hydrogen (secondary N) is 1. The van der Waals surface area contributed by atoms with Crippen molar-refractivity contribution in [1.82, 2.24) is 25.1 Å². The molecule has 0 aliphatic rings. The number of thioether (sulfide) groups is 1. The van der Waals surface area contributed by atoms with Crippen LogP contribution in [0, 0.1) is 6.92 Å². The average Bonchev–Trinajstić information content (AvgIpc) is 3.37. The van der Waals surface area contributed by atoms with E-state index in [9.17, 15) is 4.79 Å². The van der Waals surface area contributed by atoms with Gasteiger partial charge in [0, 0.05) is 6.20 Å². The monoisotopic (exact) mass is 419 g/mol. The summed E-state index contributed by atoms with van der Waals surface area (Å²) in [6.45, 7) is 2.90. The average molecular weight is 420 g/mol. The van der Waals surface area contributed by atoms with Gasteiger partial charge in [0.25, 0.3) is 0 Å². The molecular weight excluding hydrogens is 398 g/mol. The van der Waals surface area contributed by atoms with Gasteiger partial charge in [0.2, 0.25) is 5.91 Å². The number of rotatable bonds is 8. The standard InChI is InChI=1S/C22H21N5O2S/c1-16-19(10-12-29-16)21-25-26-22(27(21)14-17-7-3-2-4-8-17)30-15-20(28)24-13-18-9-5-6-11-23-18/h2-12H,13-15H2,1H3,(H,24,28). The number of nitrogens with zero attached hydrogens (tertiary/aromatic N) is 4. The Kier molecular flexibility index (Phi) is 6.24. The Morgan fingerprint density at radius 3 is 2.67 bits per heavy atom. The summed E-state index contributed by atoms with van der Waals surface area (Å²) < 4.78 is 7.47. The second kappa shape index (κ2) is 9.41. The highest BCUT2D eigenvalue weighted by Crippen LogP contribution is 2.27. The SMILES string of the molecule is Cc1occc1-c1nnc(SCC(=O)NCc2ccccn2)n1Cc1ccccc1. The van der Waals surface area contributed by atoms with Gasteiger partial charge in [0.05, 0.1) is 36.4 Å². The van der Waals surface area contributed by atoms with Crippen LogP contribution in [0.4, 0.5) is 0 Å². The highest BCUT2D eigenvalue weighted by Gasteiger charge is 2.18. The minimum absolute atomic E-state index is 0.0824. The highest BCUT2D eigenvalue weighted by molar-refractivity contribution is 7.99. The molecule has 0 aliphatic heterocycles. The van der Waals surface area contributed by atoms with E-state index in [1.165, 1.54) is 11.8 Å². The summed E-state index contributed by atoms with van der Waals surface area (Å²) in [4.78, 5) is 16.5. The van der Waals surface area contributed by atoms with Crippen LogP contribution < -0.4 is 5.32 Å². The molecule has 0 radical (unpaired) electrons. The molecule has 3 heterocycles. The minimum atomic E-state index is -0.0824. The number of aryl methyl sites for hydroxylation is 1. The van der Waals surface area contributed by atoms with Gasteiger partial charge in [-0.2, -0.15) is 0 Å². The number of amides is 1. The zero-order chi connectivity index (χ0) is 20.8. The molecule has 0 saturated heterocycles. The first kappa shape index (κ1) is 19.9. The Bertz CT molecular complexity index is 1110. The van der Waals surface area contributed by atoms with Crippen LogP contribution in [0.25, 0.3) is 11.4 Å². The number of furan rings is 1. The van der Waals surface area contributed by atoms with Crippen molar-refractivity contribution in [2.75, 3.05) is 5.75 Å². The van der Waals surface area contributed by atoms with Crippen LogP contribution in [0.2, 0.25) is 0 Å². The number of carbonyl (C=O) groups excluding carboxylic acids is 1. The van der Waals surface area contributed by atoms with E-state index in [1.54, 1.807) is 12.5 Å². The Hall–Kier alpha value is -3.39. The van der Waals surface area contributed by atoms with Crippen LogP contribution in [0.1, 0.15) is 17.0 Å². The van der Waals surface area contributed by atoms with E-state index < -0.39 is 0 Å². The molecule has 0 spiro atoms. The Labute approximate surface area is 178 Å². The van der Waals surface area contributed by atoms with Gasteiger partial charge in [-0.25, -0.2) is 0 Å². The maximum atomic E-state index is 12.3. The lowest BCUT2D eigenvalue weighted by molar-refractivity contribution is -0.118. The van der Waals surface area contributed by atoms with Crippen molar-refractivity contribution in [1.29, 1.82) is 0 Å². The van der Waals surface area contributed by atoms with Crippen molar-refractivity contribution >= 4 is 17.7 Å². The molecule has 152 valence electrons. The Morgan fingerprint density at radius 1 is 1.10 bits per heavy atom. The topological polar surface area (TPSA) is 85.8 Å². The van der Waals surface area contributed by atoms with E-state index in [1.807, 2.05) is 54.0 Å². The maximum absolute atomic E-state index is 12.3. The summed E-state index contributed by atoms with van der Waals surface area (Å²) in [6.07, 6.45) is 3.35. The first-order valence-electron chi connectivity index (χ1n) is 9.51. The van der Waals surface area contributed by atoms with Crippen molar-refractivity contribution in [3.8, 4) is 11.4 Å². The molecule has 3 aromatic heterocycles. The van der Waals surface area contributed by atoms with Crippen molar-refractivity contribution in [2.45, 2.75) is 25.2 Å². The third kappa shape index (κ3) is 4.77. The predicted molar refractivity (Wildman–Crippen MR) is 115 cm³/mol. The van der Waals surface area contributed by atoms with Crippen molar-refractivity contribution in [3.05, 3.63) is 84.1 Å². The highest BCUT2D eigenvalue weighted by atomic mass is 32.2. The molecule has 0 aliphatic carbocycles. The fourth-order valence-corrected chi connectivity index (χ4v) is 3.76. The molecular formula is C22H21N5O2S. The van der Waals surface area contributed by atoms with Crippen molar-refractivity contribution < 1.29 is 9.21 Å². The molecule has 30 heavy (non-hydrogen) atoms. The molecule has 0 bridgehead atoms. The number of hydrogen-bond donors (Lipinski definition) is 1. The zero-order valence-electron chi connectivity index (χ0n) is 16.5. The smallest absolute Gasteiger partial charge is 0.230 e. The molecule has 1 amide bonds. The summed E-state index contributed by atoms with van der Waals surface area (Å²) in [5.74, 6) is 1.66. The molecule has 8 heteroatoms. The third-order valence-electron chi connectivity index (χ3n) is 4.53. The lowest BCUT2D eigenvalue weighted by Gasteiger charge is -2.10. The van der Waals surface area contributed by atoms with E-state index in [0.29, 0.717) is 18.2 Å². The molecule has 0 unspecified atom stereocenters. The van der Waals surface area contributed by atoms with Crippen LogP contribution >= 0.6 is 11.8 Å². The predicted octanol–water partition coefficient (Wildman–Crippen LogP) is 3.70. The molecule has 1 N–H and O–H groups in total. The molecule has 0 fully saturated rings. The van der Waals surface area contributed by atoms with E-state index in [0.717, 1.165) is 28.4 Å². The van der Waals surface area contributed by atoms with Gasteiger partial charge in [0.15, 0.2) is 11.0 Å². The summed E-state index contributed by atoms with van der Waals surface area (Å²) in [5.41, 5.74) is 2.84. The van der Waals surface area contributed by atoms with E-state index in [2.05, 4.69) is 32.6 Å². The van der Waals surface area contributed by atoms with Crippen LogP contribution in [0.15, 0.2) is 76.6 Å². The van der Waals surface area contributed by atoms with Gasteiger partial charge in [-0.1, -0.05) is 48.2 Å². The second-order valence-corrected chi connectivity index (χ2v) is 7.60.